The van der Waals surface area contributed by atoms with Crippen molar-refractivity contribution in [3.63, 3.8) is 0 Å². The highest BCUT2D eigenvalue weighted by Gasteiger charge is 2.11. The summed E-state index contributed by atoms with van der Waals surface area (Å²) in [5.74, 6) is -2.23. The molecule has 0 spiro atoms. The van der Waals surface area contributed by atoms with Gasteiger partial charge >= 0.3 is 5.97 Å². The molecule has 0 heterocycles. The third kappa shape index (κ3) is 2.08. The molecule has 0 bridgehead atoms. The smallest absolute Gasteiger partial charge is 0.376 e. The lowest BCUT2D eigenvalue weighted by Crippen LogP contribution is -2.12. The van der Waals surface area contributed by atoms with Crippen LogP contribution >= 0.6 is 0 Å². The molecule has 0 atom stereocenters. The van der Waals surface area contributed by atoms with Crippen LogP contribution < -0.4 is 0 Å². The van der Waals surface area contributed by atoms with Crippen molar-refractivity contribution in [3.05, 3.63) is 11.6 Å². The predicted octanol–water partition coefficient (Wildman–Crippen LogP) is 0.606. The Hall–Kier alpha value is -1.12. The number of Topliss-reactive ketones (excluding diaryl/α,β-unsaturated/α-hetero) is 1. The maximum absolute atomic E-state index is 10.4. The summed E-state index contributed by atoms with van der Waals surface area (Å²) < 4.78 is 0. The number of hydrogen-bond donors (Lipinski definition) is 1. The van der Waals surface area contributed by atoms with E-state index in [0.717, 1.165) is 0 Å². The van der Waals surface area contributed by atoms with Crippen molar-refractivity contribution >= 4 is 11.8 Å². The molecule has 3 nitrogen and oxygen atoms in total. The molecular weight excluding hydrogens is 120 g/mol. The van der Waals surface area contributed by atoms with Crippen LogP contribution in [0.3, 0.4) is 0 Å². The minimum Gasteiger partial charge on any atom is -0.475 e. The molecule has 0 aromatic carbocycles. The number of aliphatic carboxylic acids is 1. The Morgan fingerprint density at radius 3 is 2.00 bits per heavy atom. The minimum absolute atomic E-state index is 0.266. The Labute approximate surface area is 53.0 Å². The number of carbonyl (C=O) groups is 2. The van der Waals surface area contributed by atoms with E-state index in [1.807, 2.05) is 0 Å². The maximum atomic E-state index is 10.4. The quantitative estimate of drug-likeness (QED) is 0.437. The molecule has 50 valence electrons. The molecule has 0 saturated heterocycles. The molecule has 0 aliphatic heterocycles. The van der Waals surface area contributed by atoms with Crippen LogP contribution in [0.1, 0.15) is 13.8 Å². The van der Waals surface area contributed by atoms with Crippen LogP contribution in [0.15, 0.2) is 11.6 Å². The van der Waals surface area contributed by atoms with Gasteiger partial charge in [-0.15, -0.1) is 0 Å². The van der Waals surface area contributed by atoms with Gasteiger partial charge in [0.05, 0.1) is 0 Å². The molecule has 0 rings (SSSR count). The fourth-order valence-corrected chi connectivity index (χ4v) is 0.300. The summed E-state index contributed by atoms with van der Waals surface area (Å²) in [4.78, 5) is 20.3. The van der Waals surface area contributed by atoms with Crippen molar-refractivity contribution in [2.24, 2.45) is 0 Å². The van der Waals surface area contributed by atoms with E-state index in [9.17, 15) is 9.59 Å². The third-order valence-corrected chi connectivity index (χ3v) is 0.985. The van der Waals surface area contributed by atoms with Gasteiger partial charge in [0.2, 0.25) is 0 Å². The van der Waals surface area contributed by atoms with E-state index in [0.29, 0.717) is 0 Å². The summed E-state index contributed by atoms with van der Waals surface area (Å²) in [5.41, 5.74) is 0.266. The van der Waals surface area contributed by atoms with Crippen molar-refractivity contribution in [2.75, 3.05) is 0 Å². The zero-order chi connectivity index (χ0) is 7.44. The lowest BCUT2D eigenvalue weighted by atomic mass is 10.2. The molecule has 0 radical (unpaired) electrons. The number of allylic oxidation sites excluding steroid dienone is 1. The first-order valence-corrected chi connectivity index (χ1v) is 2.50. The molecule has 0 aliphatic rings. The molecule has 0 unspecified atom stereocenters. The van der Waals surface area contributed by atoms with Crippen LogP contribution in [0.25, 0.3) is 0 Å². The number of carbonyl (C=O) groups excluding carboxylic acids is 1. The lowest BCUT2D eigenvalue weighted by molar-refractivity contribution is -0.147. The molecular formula is C6H8O3. The summed E-state index contributed by atoms with van der Waals surface area (Å²) in [7, 11) is 0. The largest absolute Gasteiger partial charge is 0.475 e. The van der Waals surface area contributed by atoms with E-state index in [1.165, 1.54) is 13.0 Å². The number of hydrogen-bond acceptors (Lipinski definition) is 2. The van der Waals surface area contributed by atoms with E-state index in [1.54, 1.807) is 6.92 Å². The number of carboxylic acid groups (broad SMARTS) is 1. The van der Waals surface area contributed by atoms with Crippen LogP contribution in [0.4, 0.5) is 0 Å². The van der Waals surface area contributed by atoms with Gasteiger partial charge in [-0.25, -0.2) is 4.79 Å². The molecule has 0 amide bonds. The van der Waals surface area contributed by atoms with Gasteiger partial charge in [-0.05, 0) is 19.4 Å². The van der Waals surface area contributed by atoms with E-state index < -0.39 is 11.8 Å². The van der Waals surface area contributed by atoms with Gasteiger partial charge < -0.3 is 5.11 Å². The number of ketones is 1. The Kier molecular flexibility index (Phi) is 2.64. The predicted molar refractivity (Wildman–Crippen MR) is 32.1 cm³/mol. The third-order valence-electron chi connectivity index (χ3n) is 0.985. The normalized spacial score (nSPS) is 11.1. The average molecular weight is 128 g/mol. The van der Waals surface area contributed by atoms with E-state index in [-0.39, 0.29) is 5.57 Å². The van der Waals surface area contributed by atoms with Gasteiger partial charge in [-0.3, -0.25) is 4.79 Å². The van der Waals surface area contributed by atoms with Crippen molar-refractivity contribution < 1.29 is 14.7 Å². The molecule has 1 N–H and O–H groups in total. The fourth-order valence-electron chi connectivity index (χ4n) is 0.300. The van der Waals surface area contributed by atoms with Gasteiger partial charge in [0, 0.05) is 0 Å². The molecule has 3 heteroatoms. The highest BCUT2D eigenvalue weighted by atomic mass is 16.4. The number of carboxylic acids is 1. The maximum Gasteiger partial charge on any atom is 0.376 e. The molecule has 9 heavy (non-hydrogen) atoms. The Bertz CT molecular complexity index is 167. The summed E-state index contributed by atoms with van der Waals surface area (Å²) in [5, 5.41) is 8.09. The van der Waals surface area contributed by atoms with Crippen LogP contribution in [-0.4, -0.2) is 16.9 Å². The Morgan fingerprint density at radius 1 is 1.44 bits per heavy atom. The fraction of sp³-hybridized carbons (Fsp3) is 0.333. The molecule has 0 aromatic heterocycles. The summed E-state index contributed by atoms with van der Waals surface area (Å²) >= 11 is 0. The topological polar surface area (TPSA) is 54.4 Å². The van der Waals surface area contributed by atoms with Crippen molar-refractivity contribution in [3.8, 4) is 0 Å². The first-order chi connectivity index (χ1) is 4.09. The lowest BCUT2D eigenvalue weighted by Gasteiger charge is -1.89. The van der Waals surface area contributed by atoms with Crippen LogP contribution in [0.2, 0.25) is 0 Å². The van der Waals surface area contributed by atoms with E-state index >= 15 is 0 Å². The van der Waals surface area contributed by atoms with Gasteiger partial charge in [0.1, 0.15) is 0 Å². The monoisotopic (exact) mass is 128 g/mol. The highest BCUT2D eigenvalue weighted by Crippen LogP contribution is 1.92. The van der Waals surface area contributed by atoms with Gasteiger partial charge in [0.25, 0.3) is 5.78 Å². The zero-order valence-corrected chi connectivity index (χ0v) is 5.34. The van der Waals surface area contributed by atoms with E-state index in [2.05, 4.69) is 0 Å². The summed E-state index contributed by atoms with van der Waals surface area (Å²) in [6, 6.07) is 0. The minimum atomic E-state index is -1.40. The van der Waals surface area contributed by atoms with Crippen molar-refractivity contribution in [2.45, 2.75) is 13.8 Å². The Morgan fingerprint density at radius 2 is 1.89 bits per heavy atom. The first kappa shape index (κ1) is 7.88. The Balaban J connectivity index is 4.23. The highest BCUT2D eigenvalue weighted by molar-refractivity contribution is 6.39. The van der Waals surface area contributed by atoms with Crippen LogP contribution in [0.5, 0.6) is 0 Å². The summed E-state index contributed by atoms with van der Waals surface area (Å²) in [6.45, 7) is 3.09. The zero-order valence-electron chi connectivity index (χ0n) is 5.34. The molecule has 0 aromatic rings. The molecule has 0 aliphatic carbocycles. The second kappa shape index (κ2) is 3.02. The van der Waals surface area contributed by atoms with Gasteiger partial charge in [0.15, 0.2) is 0 Å². The van der Waals surface area contributed by atoms with Gasteiger partial charge in [-0.1, -0.05) is 6.08 Å². The molecule has 0 saturated carbocycles. The summed E-state index contributed by atoms with van der Waals surface area (Å²) in [6.07, 6.45) is 1.47. The molecule has 0 fully saturated rings. The SMILES string of the molecule is C/C=C(/C)C(=O)C(=O)O. The van der Waals surface area contributed by atoms with Crippen LogP contribution in [-0.2, 0) is 9.59 Å². The first-order valence-electron chi connectivity index (χ1n) is 2.50. The standard InChI is InChI=1S/C6H8O3/c1-3-4(2)5(7)6(8)9/h3H,1-2H3,(H,8,9)/b4-3-. The van der Waals surface area contributed by atoms with Crippen molar-refractivity contribution in [1.29, 1.82) is 0 Å². The average Bonchev–Trinajstić information content (AvgIpc) is 1.84. The second-order valence-electron chi connectivity index (χ2n) is 1.61. The van der Waals surface area contributed by atoms with E-state index in [4.69, 9.17) is 5.11 Å². The second-order valence-corrected chi connectivity index (χ2v) is 1.61. The van der Waals surface area contributed by atoms with Crippen molar-refractivity contribution in [1.82, 2.24) is 0 Å². The number of rotatable bonds is 2. The van der Waals surface area contributed by atoms with Crippen LogP contribution in [0, 0.1) is 0 Å². The van der Waals surface area contributed by atoms with Gasteiger partial charge in [-0.2, -0.15) is 0 Å².